The summed E-state index contributed by atoms with van der Waals surface area (Å²) in [5, 5.41) is 0. The molecule has 2 N–H and O–H groups in total. The lowest BCUT2D eigenvalue weighted by Crippen LogP contribution is -2.26. The van der Waals surface area contributed by atoms with E-state index < -0.39 is 0 Å². The Morgan fingerprint density at radius 1 is 1.12 bits per heavy atom. The molecule has 1 aromatic carbocycles. The summed E-state index contributed by atoms with van der Waals surface area (Å²) < 4.78 is 10.4. The summed E-state index contributed by atoms with van der Waals surface area (Å²) >= 11 is 0. The van der Waals surface area contributed by atoms with E-state index in [4.69, 9.17) is 15.2 Å². The van der Waals surface area contributed by atoms with Gasteiger partial charge < -0.3 is 20.1 Å². The third-order valence-electron chi connectivity index (χ3n) is 2.36. The zero-order valence-corrected chi connectivity index (χ0v) is 10.4. The average molecular weight is 224 g/mol. The van der Waals surface area contributed by atoms with E-state index in [1.54, 1.807) is 14.2 Å². The van der Waals surface area contributed by atoms with Crippen LogP contribution in [0.3, 0.4) is 0 Å². The normalized spacial score (nSPS) is 12.6. The summed E-state index contributed by atoms with van der Waals surface area (Å²) in [6.45, 7) is 0.788. The third-order valence-corrected chi connectivity index (χ3v) is 2.36. The number of ether oxygens (including phenoxy) is 2. The molecule has 0 radical (unpaired) electrons. The number of benzene rings is 1. The van der Waals surface area contributed by atoms with Crippen LogP contribution in [0.25, 0.3) is 0 Å². The van der Waals surface area contributed by atoms with Gasteiger partial charge in [-0.25, -0.2) is 0 Å². The second-order valence-corrected chi connectivity index (χ2v) is 4.01. The monoisotopic (exact) mass is 224 g/mol. The van der Waals surface area contributed by atoms with Gasteiger partial charge in [0.1, 0.15) is 11.5 Å². The third kappa shape index (κ3) is 3.40. The zero-order valence-electron chi connectivity index (χ0n) is 10.4. The lowest BCUT2D eigenvalue weighted by atomic mass is 10.1. The molecule has 1 aromatic rings. The van der Waals surface area contributed by atoms with Gasteiger partial charge in [-0.3, -0.25) is 0 Å². The molecule has 0 heterocycles. The van der Waals surface area contributed by atoms with Crippen molar-refractivity contribution in [1.29, 1.82) is 0 Å². The van der Waals surface area contributed by atoms with Gasteiger partial charge in [-0.1, -0.05) is 0 Å². The van der Waals surface area contributed by atoms with E-state index >= 15 is 0 Å². The molecule has 0 saturated heterocycles. The van der Waals surface area contributed by atoms with Gasteiger partial charge in [-0.2, -0.15) is 0 Å². The lowest BCUT2D eigenvalue weighted by molar-refractivity contribution is 0.370. The minimum absolute atomic E-state index is 0.0426. The summed E-state index contributed by atoms with van der Waals surface area (Å²) in [4.78, 5) is 2.05. The summed E-state index contributed by atoms with van der Waals surface area (Å²) in [6.07, 6.45) is 0. The van der Waals surface area contributed by atoms with Gasteiger partial charge in [0.25, 0.3) is 0 Å². The number of rotatable bonds is 5. The molecule has 4 nitrogen and oxygen atoms in total. The Morgan fingerprint density at radius 3 is 2.00 bits per heavy atom. The topological polar surface area (TPSA) is 47.7 Å². The van der Waals surface area contributed by atoms with Crippen molar-refractivity contribution in [2.24, 2.45) is 5.73 Å². The molecule has 0 saturated carbocycles. The van der Waals surface area contributed by atoms with Gasteiger partial charge in [0.05, 0.1) is 14.2 Å². The minimum Gasteiger partial charge on any atom is -0.497 e. The predicted octanol–water partition coefficient (Wildman–Crippen LogP) is 1.27. The van der Waals surface area contributed by atoms with Gasteiger partial charge in [0.15, 0.2) is 0 Å². The molecule has 0 aromatic heterocycles. The number of nitrogens with two attached hydrogens (primary N) is 1. The maximum absolute atomic E-state index is 6.09. The van der Waals surface area contributed by atoms with Crippen LogP contribution in [0.2, 0.25) is 0 Å². The van der Waals surface area contributed by atoms with Crippen LogP contribution in [0, 0.1) is 0 Å². The maximum atomic E-state index is 6.09. The smallest absolute Gasteiger partial charge is 0.122 e. The van der Waals surface area contributed by atoms with E-state index in [2.05, 4.69) is 4.90 Å². The Morgan fingerprint density at radius 2 is 1.62 bits per heavy atom. The molecule has 0 aliphatic heterocycles. The number of nitrogens with zero attached hydrogens (tertiary/aromatic N) is 1. The van der Waals surface area contributed by atoms with Crippen molar-refractivity contribution in [1.82, 2.24) is 4.90 Å². The van der Waals surface area contributed by atoms with E-state index in [1.165, 1.54) is 0 Å². The molecule has 0 aliphatic rings. The highest BCUT2D eigenvalue weighted by Crippen LogP contribution is 2.25. The van der Waals surface area contributed by atoms with Crippen LogP contribution < -0.4 is 15.2 Å². The molecule has 0 fully saturated rings. The van der Waals surface area contributed by atoms with Gasteiger partial charge in [0, 0.05) is 18.7 Å². The van der Waals surface area contributed by atoms with Gasteiger partial charge in [-0.05, 0) is 31.8 Å². The fourth-order valence-corrected chi connectivity index (χ4v) is 1.54. The Hall–Kier alpha value is -1.26. The second kappa shape index (κ2) is 5.72. The van der Waals surface area contributed by atoms with E-state index in [9.17, 15) is 0 Å². The molecule has 90 valence electrons. The average Bonchev–Trinajstić information content (AvgIpc) is 2.27. The molecular weight excluding hydrogens is 204 g/mol. The van der Waals surface area contributed by atoms with Crippen molar-refractivity contribution in [3.05, 3.63) is 23.8 Å². The van der Waals surface area contributed by atoms with Crippen LogP contribution in [0.4, 0.5) is 0 Å². The van der Waals surface area contributed by atoms with Crippen molar-refractivity contribution in [2.75, 3.05) is 34.9 Å². The fourth-order valence-electron chi connectivity index (χ4n) is 1.54. The first-order valence-electron chi connectivity index (χ1n) is 5.20. The summed E-state index contributed by atoms with van der Waals surface area (Å²) in [7, 11) is 7.26. The van der Waals surface area contributed by atoms with Crippen LogP contribution in [0.5, 0.6) is 11.5 Å². The van der Waals surface area contributed by atoms with Crippen LogP contribution in [-0.2, 0) is 0 Å². The van der Waals surface area contributed by atoms with Crippen molar-refractivity contribution in [2.45, 2.75) is 6.04 Å². The first-order valence-corrected chi connectivity index (χ1v) is 5.20. The summed E-state index contributed by atoms with van der Waals surface area (Å²) in [5.41, 5.74) is 7.11. The minimum atomic E-state index is -0.0426. The van der Waals surface area contributed by atoms with Gasteiger partial charge in [0.2, 0.25) is 0 Å². The maximum Gasteiger partial charge on any atom is 0.122 e. The fraction of sp³-hybridized carbons (Fsp3) is 0.500. The van der Waals surface area contributed by atoms with Gasteiger partial charge >= 0.3 is 0 Å². The lowest BCUT2D eigenvalue weighted by Gasteiger charge is -2.18. The Labute approximate surface area is 96.9 Å². The van der Waals surface area contributed by atoms with E-state index in [1.807, 2.05) is 32.3 Å². The number of methoxy groups -OCH3 is 2. The molecule has 1 rings (SSSR count). The predicted molar refractivity (Wildman–Crippen MR) is 65.0 cm³/mol. The van der Waals surface area contributed by atoms with Crippen molar-refractivity contribution in [3.8, 4) is 11.5 Å². The quantitative estimate of drug-likeness (QED) is 0.818. The van der Waals surface area contributed by atoms with Crippen molar-refractivity contribution < 1.29 is 9.47 Å². The molecule has 1 unspecified atom stereocenters. The number of likely N-dealkylation sites (N-methyl/N-ethyl adjacent to an activating group) is 1. The largest absolute Gasteiger partial charge is 0.497 e. The van der Waals surface area contributed by atoms with Crippen molar-refractivity contribution >= 4 is 0 Å². The van der Waals surface area contributed by atoms with E-state index in [0.717, 1.165) is 23.6 Å². The second-order valence-electron chi connectivity index (χ2n) is 4.01. The highest BCUT2D eigenvalue weighted by molar-refractivity contribution is 5.39. The van der Waals surface area contributed by atoms with Crippen LogP contribution in [-0.4, -0.2) is 39.8 Å². The first kappa shape index (κ1) is 12.8. The van der Waals surface area contributed by atoms with Gasteiger partial charge in [-0.15, -0.1) is 0 Å². The van der Waals surface area contributed by atoms with Crippen LogP contribution in [0.15, 0.2) is 18.2 Å². The first-order chi connectivity index (χ1) is 7.56. The Bertz CT molecular complexity index is 318. The highest BCUT2D eigenvalue weighted by Gasteiger charge is 2.10. The van der Waals surface area contributed by atoms with Crippen LogP contribution >= 0.6 is 0 Å². The Balaban J connectivity index is 2.93. The molecule has 1 atom stereocenters. The number of hydrogen-bond acceptors (Lipinski definition) is 4. The van der Waals surface area contributed by atoms with E-state index in [-0.39, 0.29) is 6.04 Å². The molecule has 4 heteroatoms. The van der Waals surface area contributed by atoms with Crippen molar-refractivity contribution in [3.63, 3.8) is 0 Å². The molecule has 0 amide bonds. The van der Waals surface area contributed by atoms with Crippen LogP contribution in [0.1, 0.15) is 11.6 Å². The SMILES string of the molecule is COc1cc(OC)cc(C(N)CN(C)C)c1. The molecule has 0 aliphatic carbocycles. The number of hydrogen-bond donors (Lipinski definition) is 1. The summed E-state index contributed by atoms with van der Waals surface area (Å²) in [5.74, 6) is 1.53. The Kier molecular flexibility index (Phi) is 4.58. The molecule has 0 spiro atoms. The zero-order chi connectivity index (χ0) is 12.1. The molecular formula is C12H20N2O2. The summed E-state index contributed by atoms with van der Waals surface area (Å²) in [6, 6.07) is 5.68. The highest BCUT2D eigenvalue weighted by atomic mass is 16.5. The standard InChI is InChI=1S/C12H20N2O2/c1-14(2)8-12(13)9-5-10(15-3)7-11(6-9)16-4/h5-7,12H,8,13H2,1-4H3. The molecule has 16 heavy (non-hydrogen) atoms. The van der Waals surface area contributed by atoms with E-state index in [0.29, 0.717) is 0 Å². The molecule has 0 bridgehead atoms.